The standard InChI is InChI=1S/C18H23FN2O2/c1-13-16(14(2)23-20-13)9-12-21-10-7-15(8-11-21)22-18-6-4-3-5-17(18)19/h3-6,15H,7-12H2,1-2H3. The van der Waals surface area contributed by atoms with E-state index in [1.165, 1.54) is 11.6 Å². The molecule has 0 aliphatic carbocycles. The maximum atomic E-state index is 13.6. The number of likely N-dealkylation sites (tertiary alicyclic amines) is 1. The van der Waals surface area contributed by atoms with Gasteiger partial charge < -0.3 is 14.2 Å². The van der Waals surface area contributed by atoms with Gasteiger partial charge in [-0.05, 0) is 45.2 Å². The molecule has 0 N–H and O–H groups in total. The molecular formula is C18H23FN2O2. The van der Waals surface area contributed by atoms with Gasteiger partial charge in [-0.2, -0.15) is 0 Å². The van der Waals surface area contributed by atoms with E-state index in [0.29, 0.717) is 5.75 Å². The highest BCUT2D eigenvalue weighted by molar-refractivity contribution is 5.24. The van der Waals surface area contributed by atoms with E-state index < -0.39 is 0 Å². The summed E-state index contributed by atoms with van der Waals surface area (Å²) < 4.78 is 24.6. The first-order valence-corrected chi connectivity index (χ1v) is 8.19. The van der Waals surface area contributed by atoms with Crippen molar-refractivity contribution >= 4 is 0 Å². The van der Waals surface area contributed by atoms with Crippen molar-refractivity contribution in [2.45, 2.75) is 39.2 Å². The van der Waals surface area contributed by atoms with Crippen LogP contribution in [-0.4, -0.2) is 35.8 Å². The quantitative estimate of drug-likeness (QED) is 0.845. The zero-order valence-corrected chi connectivity index (χ0v) is 13.7. The first-order chi connectivity index (χ1) is 11.1. The lowest BCUT2D eigenvalue weighted by Crippen LogP contribution is -2.39. The number of ether oxygens (including phenoxy) is 1. The second-order valence-corrected chi connectivity index (χ2v) is 6.14. The number of aryl methyl sites for hydroxylation is 2. The Morgan fingerprint density at radius 3 is 2.65 bits per heavy atom. The van der Waals surface area contributed by atoms with E-state index in [4.69, 9.17) is 9.26 Å². The molecule has 0 bridgehead atoms. The summed E-state index contributed by atoms with van der Waals surface area (Å²) in [6, 6.07) is 6.61. The SMILES string of the molecule is Cc1noc(C)c1CCN1CCC(Oc2ccccc2F)CC1. The van der Waals surface area contributed by atoms with Crippen LogP contribution in [0, 0.1) is 19.7 Å². The molecule has 124 valence electrons. The molecule has 2 heterocycles. The molecule has 1 aromatic heterocycles. The summed E-state index contributed by atoms with van der Waals surface area (Å²) in [7, 11) is 0. The molecule has 1 aliphatic heterocycles. The van der Waals surface area contributed by atoms with Crippen LogP contribution >= 0.6 is 0 Å². The van der Waals surface area contributed by atoms with E-state index in [0.717, 1.165) is 50.4 Å². The predicted octanol–water partition coefficient (Wildman–Crippen LogP) is 3.52. The van der Waals surface area contributed by atoms with Crippen LogP contribution in [0.25, 0.3) is 0 Å². The first kappa shape index (κ1) is 16.0. The third-order valence-electron chi connectivity index (χ3n) is 4.52. The monoisotopic (exact) mass is 318 g/mol. The number of benzene rings is 1. The maximum absolute atomic E-state index is 13.6. The van der Waals surface area contributed by atoms with Crippen molar-refractivity contribution in [2.75, 3.05) is 19.6 Å². The van der Waals surface area contributed by atoms with Crippen LogP contribution in [0.5, 0.6) is 5.75 Å². The highest BCUT2D eigenvalue weighted by Crippen LogP contribution is 2.22. The number of rotatable bonds is 5. The lowest BCUT2D eigenvalue weighted by atomic mass is 10.1. The fourth-order valence-corrected chi connectivity index (χ4v) is 3.10. The molecule has 23 heavy (non-hydrogen) atoms. The fraction of sp³-hybridized carbons (Fsp3) is 0.500. The highest BCUT2D eigenvalue weighted by Gasteiger charge is 2.22. The average Bonchev–Trinajstić information content (AvgIpc) is 2.88. The Morgan fingerprint density at radius 2 is 2.00 bits per heavy atom. The summed E-state index contributed by atoms with van der Waals surface area (Å²) in [6.45, 7) is 6.89. The molecule has 5 heteroatoms. The van der Waals surface area contributed by atoms with Gasteiger partial charge >= 0.3 is 0 Å². The first-order valence-electron chi connectivity index (χ1n) is 8.19. The lowest BCUT2D eigenvalue weighted by Gasteiger charge is -2.32. The number of aromatic nitrogens is 1. The van der Waals surface area contributed by atoms with Gasteiger partial charge in [-0.3, -0.25) is 0 Å². The molecule has 0 saturated carbocycles. The molecule has 0 unspecified atom stereocenters. The fourth-order valence-electron chi connectivity index (χ4n) is 3.10. The predicted molar refractivity (Wildman–Crippen MR) is 86.2 cm³/mol. The number of hydrogen-bond acceptors (Lipinski definition) is 4. The van der Waals surface area contributed by atoms with Gasteiger partial charge in [0.1, 0.15) is 11.9 Å². The van der Waals surface area contributed by atoms with Crippen molar-refractivity contribution in [3.63, 3.8) is 0 Å². The van der Waals surface area contributed by atoms with Crippen LogP contribution in [-0.2, 0) is 6.42 Å². The molecule has 0 atom stereocenters. The van der Waals surface area contributed by atoms with Crippen LogP contribution in [0.15, 0.2) is 28.8 Å². The normalized spacial score (nSPS) is 16.7. The van der Waals surface area contributed by atoms with Gasteiger partial charge in [0.05, 0.1) is 5.69 Å². The van der Waals surface area contributed by atoms with Crippen molar-refractivity contribution in [1.29, 1.82) is 0 Å². The topological polar surface area (TPSA) is 38.5 Å². The van der Waals surface area contributed by atoms with Crippen LogP contribution in [0.4, 0.5) is 4.39 Å². The van der Waals surface area contributed by atoms with Crippen molar-refractivity contribution in [3.05, 3.63) is 47.1 Å². The van der Waals surface area contributed by atoms with E-state index in [9.17, 15) is 4.39 Å². The van der Waals surface area contributed by atoms with E-state index in [1.54, 1.807) is 18.2 Å². The molecule has 0 spiro atoms. The number of nitrogens with zero attached hydrogens (tertiary/aromatic N) is 2. The van der Waals surface area contributed by atoms with Crippen LogP contribution in [0.3, 0.4) is 0 Å². The third kappa shape index (κ3) is 3.91. The van der Waals surface area contributed by atoms with E-state index >= 15 is 0 Å². The largest absolute Gasteiger partial charge is 0.487 e. The minimum atomic E-state index is -0.284. The summed E-state index contributed by atoms with van der Waals surface area (Å²) in [5, 5.41) is 4.00. The Morgan fingerprint density at radius 1 is 1.26 bits per heavy atom. The average molecular weight is 318 g/mol. The van der Waals surface area contributed by atoms with Crippen molar-refractivity contribution in [1.82, 2.24) is 10.1 Å². The van der Waals surface area contributed by atoms with Gasteiger partial charge in [0.25, 0.3) is 0 Å². The number of halogens is 1. The van der Waals surface area contributed by atoms with Gasteiger partial charge in [0.2, 0.25) is 0 Å². The summed E-state index contributed by atoms with van der Waals surface area (Å²) in [5.74, 6) is 0.996. The summed E-state index contributed by atoms with van der Waals surface area (Å²) in [5.41, 5.74) is 2.20. The van der Waals surface area contributed by atoms with E-state index in [1.807, 2.05) is 13.8 Å². The summed E-state index contributed by atoms with van der Waals surface area (Å²) in [6.07, 6.45) is 2.91. The zero-order valence-electron chi connectivity index (χ0n) is 13.7. The van der Waals surface area contributed by atoms with Crippen molar-refractivity contribution < 1.29 is 13.7 Å². The molecule has 2 aromatic rings. The van der Waals surface area contributed by atoms with E-state index in [2.05, 4.69) is 10.1 Å². The van der Waals surface area contributed by atoms with Gasteiger partial charge in [-0.15, -0.1) is 0 Å². The number of hydrogen-bond donors (Lipinski definition) is 0. The molecule has 3 rings (SSSR count). The van der Waals surface area contributed by atoms with Crippen molar-refractivity contribution in [2.24, 2.45) is 0 Å². The lowest BCUT2D eigenvalue weighted by molar-refractivity contribution is 0.0977. The molecule has 1 aromatic carbocycles. The molecule has 1 saturated heterocycles. The molecule has 1 aliphatic rings. The van der Waals surface area contributed by atoms with Gasteiger partial charge in [-0.1, -0.05) is 17.3 Å². The molecule has 0 radical (unpaired) electrons. The van der Waals surface area contributed by atoms with Gasteiger partial charge in [0.15, 0.2) is 11.6 Å². The summed E-state index contributed by atoms with van der Waals surface area (Å²) in [4.78, 5) is 2.42. The number of para-hydroxylation sites is 1. The van der Waals surface area contributed by atoms with Crippen LogP contribution in [0.1, 0.15) is 29.9 Å². The second-order valence-electron chi connectivity index (χ2n) is 6.14. The smallest absolute Gasteiger partial charge is 0.165 e. The number of piperidine rings is 1. The Balaban J connectivity index is 1.46. The second kappa shape index (κ2) is 7.13. The Labute approximate surface area is 136 Å². The van der Waals surface area contributed by atoms with E-state index in [-0.39, 0.29) is 11.9 Å². The Bertz CT molecular complexity index is 629. The summed E-state index contributed by atoms with van der Waals surface area (Å²) >= 11 is 0. The van der Waals surface area contributed by atoms with Crippen molar-refractivity contribution in [3.8, 4) is 5.75 Å². The van der Waals surface area contributed by atoms with Gasteiger partial charge in [-0.25, -0.2) is 4.39 Å². The molecular weight excluding hydrogens is 295 g/mol. The third-order valence-corrected chi connectivity index (χ3v) is 4.52. The minimum Gasteiger partial charge on any atom is -0.487 e. The van der Waals surface area contributed by atoms with Crippen LogP contribution < -0.4 is 4.74 Å². The maximum Gasteiger partial charge on any atom is 0.165 e. The Kier molecular flexibility index (Phi) is 4.96. The Hall–Kier alpha value is -1.88. The van der Waals surface area contributed by atoms with Crippen LogP contribution in [0.2, 0.25) is 0 Å². The zero-order chi connectivity index (χ0) is 16.2. The molecule has 1 fully saturated rings. The molecule has 4 nitrogen and oxygen atoms in total. The minimum absolute atomic E-state index is 0.0993. The molecule has 0 amide bonds. The van der Waals surface area contributed by atoms with Gasteiger partial charge in [0, 0.05) is 25.2 Å². The highest BCUT2D eigenvalue weighted by atomic mass is 19.1.